The zero-order valence-electron chi connectivity index (χ0n) is 13.4. The molecule has 0 saturated carbocycles. The number of hydrazone groups is 1. The molecule has 4 unspecified atom stereocenters. The molecule has 9 nitrogen and oxygen atoms in total. The van der Waals surface area contributed by atoms with Crippen molar-refractivity contribution in [2.75, 3.05) is 25.6 Å². The quantitative estimate of drug-likeness (QED) is 0.229. The van der Waals surface area contributed by atoms with Gasteiger partial charge in [0.1, 0.15) is 18.3 Å². The number of rotatable bonds is 8. The summed E-state index contributed by atoms with van der Waals surface area (Å²) >= 11 is 0. The van der Waals surface area contributed by atoms with E-state index in [4.69, 9.17) is 5.11 Å². The second-order valence-electron chi connectivity index (χ2n) is 5.40. The van der Waals surface area contributed by atoms with Gasteiger partial charge in [0.15, 0.2) is 6.10 Å². The Morgan fingerprint density at radius 3 is 2.25 bits per heavy atom. The van der Waals surface area contributed by atoms with Crippen LogP contribution in [0.25, 0.3) is 0 Å². The molecule has 9 heteroatoms. The molecule has 0 fully saturated rings. The predicted octanol–water partition coefficient (Wildman–Crippen LogP) is -2.36. The van der Waals surface area contributed by atoms with Gasteiger partial charge in [0, 0.05) is 19.8 Å². The number of hydrogen-bond acceptors (Lipinski definition) is 8. The van der Waals surface area contributed by atoms with Crippen LogP contribution in [0, 0.1) is 0 Å². The molecule has 1 aromatic rings. The summed E-state index contributed by atoms with van der Waals surface area (Å²) in [5, 5.41) is 50.1. The summed E-state index contributed by atoms with van der Waals surface area (Å²) in [6.45, 7) is -0.826. The van der Waals surface area contributed by atoms with E-state index < -0.39 is 36.9 Å². The fraction of sp³-hybridized carbons (Fsp3) is 0.467. The highest BCUT2D eigenvalue weighted by molar-refractivity contribution is 5.84. The van der Waals surface area contributed by atoms with E-state index >= 15 is 0 Å². The van der Waals surface area contributed by atoms with Gasteiger partial charge >= 0.3 is 0 Å². The second-order valence-corrected chi connectivity index (χ2v) is 5.40. The molecule has 6 N–H and O–H groups in total. The van der Waals surface area contributed by atoms with Crippen molar-refractivity contribution in [2.45, 2.75) is 24.4 Å². The predicted molar refractivity (Wildman–Crippen MR) is 87.6 cm³/mol. The molecule has 0 bridgehead atoms. The molecule has 0 aromatic heterocycles. The van der Waals surface area contributed by atoms with Gasteiger partial charge < -0.3 is 30.4 Å². The SMILES string of the molecule is CN(C)c1ccc(C=NNC(=O)C(O)C(O)C(O)C(O)CO)cc1. The number of nitrogens with one attached hydrogen (secondary N) is 1. The van der Waals surface area contributed by atoms with Crippen LogP contribution >= 0.6 is 0 Å². The number of benzene rings is 1. The molecule has 0 spiro atoms. The number of amides is 1. The molecule has 0 saturated heterocycles. The van der Waals surface area contributed by atoms with E-state index in [1.54, 1.807) is 12.1 Å². The zero-order valence-corrected chi connectivity index (χ0v) is 13.4. The van der Waals surface area contributed by atoms with Crippen LogP contribution in [0.1, 0.15) is 5.56 Å². The van der Waals surface area contributed by atoms with Crippen LogP contribution in [-0.2, 0) is 4.79 Å². The van der Waals surface area contributed by atoms with Crippen LogP contribution < -0.4 is 10.3 Å². The molecular weight excluding hydrogens is 318 g/mol. The molecule has 1 aromatic carbocycles. The highest BCUT2D eigenvalue weighted by atomic mass is 16.4. The van der Waals surface area contributed by atoms with Crippen LogP contribution in [0.15, 0.2) is 29.4 Å². The van der Waals surface area contributed by atoms with Crippen molar-refractivity contribution < 1.29 is 30.3 Å². The number of anilines is 1. The first-order chi connectivity index (χ1) is 11.3. The van der Waals surface area contributed by atoms with E-state index in [-0.39, 0.29) is 0 Å². The number of aliphatic hydroxyl groups is 5. The van der Waals surface area contributed by atoms with Crippen LogP contribution in [-0.4, -0.2) is 82.8 Å². The van der Waals surface area contributed by atoms with E-state index in [0.717, 1.165) is 5.69 Å². The molecule has 134 valence electrons. The number of aliphatic hydroxyl groups excluding tert-OH is 5. The van der Waals surface area contributed by atoms with Gasteiger partial charge in [-0.3, -0.25) is 4.79 Å². The van der Waals surface area contributed by atoms with Crippen molar-refractivity contribution in [1.82, 2.24) is 5.43 Å². The van der Waals surface area contributed by atoms with Crippen molar-refractivity contribution in [3.8, 4) is 0 Å². The number of hydrogen-bond donors (Lipinski definition) is 6. The molecule has 0 aliphatic carbocycles. The fourth-order valence-corrected chi connectivity index (χ4v) is 1.77. The largest absolute Gasteiger partial charge is 0.394 e. The Bertz CT molecular complexity index is 549. The molecule has 1 amide bonds. The first-order valence-electron chi connectivity index (χ1n) is 7.21. The van der Waals surface area contributed by atoms with Gasteiger partial charge in [-0.25, -0.2) is 5.43 Å². The number of nitrogens with zero attached hydrogens (tertiary/aromatic N) is 2. The Balaban J connectivity index is 2.58. The first-order valence-corrected chi connectivity index (χ1v) is 7.21. The van der Waals surface area contributed by atoms with Crippen LogP contribution in [0.4, 0.5) is 5.69 Å². The third-order valence-corrected chi connectivity index (χ3v) is 3.32. The molecule has 24 heavy (non-hydrogen) atoms. The van der Waals surface area contributed by atoms with E-state index in [2.05, 4.69) is 5.10 Å². The van der Waals surface area contributed by atoms with Crippen molar-refractivity contribution in [2.24, 2.45) is 5.10 Å². The maximum atomic E-state index is 11.6. The van der Waals surface area contributed by atoms with Crippen molar-refractivity contribution in [3.63, 3.8) is 0 Å². The van der Waals surface area contributed by atoms with Gasteiger partial charge in [-0.15, -0.1) is 0 Å². The molecule has 0 aliphatic heterocycles. The first kappa shape index (κ1) is 20.0. The smallest absolute Gasteiger partial charge is 0.271 e. The summed E-state index contributed by atoms with van der Waals surface area (Å²) < 4.78 is 0. The number of carbonyl (C=O) groups excluding carboxylic acids is 1. The summed E-state index contributed by atoms with van der Waals surface area (Å²) in [6, 6.07) is 7.26. The lowest BCUT2D eigenvalue weighted by Gasteiger charge is -2.24. The zero-order chi connectivity index (χ0) is 18.3. The molecular formula is C15H23N3O6. The Labute approximate surface area is 139 Å². The van der Waals surface area contributed by atoms with Crippen LogP contribution in [0.2, 0.25) is 0 Å². The van der Waals surface area contributed by atoms with Crippen molar-refractivity contribution >= 4 is 17.8 Å². The minimum absolute atomic E-state index is 0.701. The molecule has 0 radical (unpaired) electrons. The van der Waals surface area contributed by atoms with E-state index in [1.807, 2.05) is 36.6 Å². The van der Waals surface area contributed by atoms with E-state index in [9.17, 15) is 25.2 Å². The van der Waals surface area contributed by atoms with Gasteiger partial charge in [0.05, 0.1) is 12.8 Å². The Kier molecular flexibility index (Phi) is 7.75. The van der Waals surface area contributed by atoms with Crippen molar-refractivity contribution in [3.05, 3.63) is 29.8 Å². The Morgan fingerprint density at radius 1 is 1.17 bits per heavy atom. The van der Waals surface area contributed by atoms with E-state index in [1.165, 1.54) is 6.21 Å². The Hall–Kier alpha value is -2.04. The minimum atomic E-state index is -2.02. The standard InChI is InChI=1S/C15H23N3O6/c1-18(2)10-5-3-9(4-6-10)7-16-17-15(24)14(23)13(22)12(21)11(20)8-19/h3-7,11-14,19-23H,8H2,1-2H3,(H,17,24). The van der Waals surface area contributed by atoms with Crippen LogP contribution in [0.5, 0.6) is 0 Å². The van der Waals surface area contributed by atoms with Crippen LogP contribution in [0.3, 0.4) is 0 Å². The molecule has 0 aliphatic rings. The maximum Gasteiger partial charge on any atom is 0.271 e. The van der Waals surface area contributed by atoms with Gasteiger partial charge in [0.2, 0.25) is 0 Å². The van der Waals surface area contributed by atoms with Gasteiger partial charge in [-0.1, -0.05) is 12.1 Å². The summed E-state index contributed by atoms with van der Waals surface area (Å²) in [5.41, 5.74) is 3.71. The normalized spacial score (nSPS) is 16.5. The third-order valence-electron chi connectivity index (χ3n) is 3.32. The van der Waals surface area contributed by atoms with Crippen molar-refractivity contribution in [1.29, 1.82) is 0 Å². The fourth-order valence-electron chi connectivity index (χ4n) is 1.77. The van der Waals surface area contributed by atoms with Gasteiger partial charge in [-0.05, 0) is 17.7 Å². The third kappa shape index (κ3) is 5.55. The average Bonchev–Trinajstić information content (AvgIpc) is 2.59. The summed E-state index contributed by atoms with van der Waals surface area (Å²) in [6.07, 6.45) is -6.20. The Morgan fingerprint density at radius 2 is 1.75 bits per heavy atom. The van der Waals surface area contributed by atoms with Gasteiger partial charge in [0.25, 0.3) is 5.91 Å². The molecule has 1 rings (SSSR count). The summed E-state index contributed by atoms with van der Waals surface area (Å²) in [7, 11) is 3.80. The highest BCUT2D eigenvalue weighted by Crippen LogP contribution is 2.11. The number of carbonyl (C=O) groups is 1. The lowest BCUT2D eigenvalue weighted by Crippen LogP contribution is -2.50. The topological polar surface area (TPSA) is 146 Å². The summed E-state index contributed by atoms with van der Waals surface area (Å²) in [4.78, 5) is 13.6. The van der Waals surface area contributed by atoms with Gasteiger partial charge in [-0.2, -0.15) is 5.10 Å². The average molecular weight is 341 g/mol. The lowest BCUT2D eigenvalue weighted by atomic mass is 10.0. The minimum Gasteiger partial charge on any atom is -0.394 e. The maximum absolute atomic E-state index is 11.6. The monoisotopic (exact) mass is 341 g/mol. The molecule has 4 atom stereocenters. The van der Waals surface area contributed by atoms with E-state index in [0.29, 0.717) is 5.56 Å². The summed E-state index contributed by atoms with van der Waals surface area (Å²) in [5.74, 6) is -1.06. The molecule has 0 heterocycles. The second kappa shape index (κ2) is 9.30. The highest BCUT2D eigenvalue weighted by Gasteiger charge is 2.34. The lowest BCUT2D eigenvalue weighted by molar-refractivity contribution is -0.148.